The van der Waals surface area contributed by atoms with Crippen LogP contribution < -0.4 is 10.6 Å². The van der Waals surface area contributed by atoms with E-state index in [2.05, 4.69) is 10.6 Å². The van der Waals surface area contributed by atoms with Gasteiger partial charge in [0.15, 0.2) is 0 Å². The molecule has 0 unspecified atom stereocenters. The van der Waals surface area contributed by atoms with Crippen molar-refractivity contribution in [3.8, 4) is 0 Å². The number of nitrogens with one attached hydrogen (secondary N) is 2. The maximum Gasteiger partial charge on any atom is 0.339 e. The van der Waals surface area contributed by atoms with E-state index in [1.807, 2.05) is 31.2 Å². The van der Waals surface area contributed by atoms with Crippen LogP contribution in [0, 0.1) is 6.92 Å². The molecule has 114 valence electrons. The molecule has 0 heterocycles. The molecule has 5 nitrogen and oxygen atoms in total. The molecule has 0 spiro atoms. The third kappa shape index (κ3) is 4.09. The van der Waals surface area contributed by atoms with Crippen LogP contribution in [0.2, 0.25) is 0 Å². The zero-order chi connectivity index (χ0) is 15.9. The molecule has 0 bridgehead atoms. The van der Waals surface area contributed by atoms with Crippen LogP contribution in [0.3, 0.4) is 0 Å². The normalized spacial score (nSPS) is 9.91. The van der Waals surface area contributed by atoms with Crippen LogP contribution in [-0.4, -0.2) is 25.5 Å². The summed E-state index contributed by atoms with van der Waals surface area (Å²) in [5.41, 5.74) is 2.82. The van der Waals surface area contributed by atoms with Crippen molar-refractivity contribution in [3.05, 3.63) is 59.7 Å². The number of amides is 1. The van der Waals surface area contributed by atoms with Crippen molar-refractivity contribution in [1.29, 1.82) is 0 Å². The van der Waals surface area contributed by atoms with Gasteiger partial charge >= 0.3 is 5.97 Å². The summed E-state index contributed by atoms with van der Waals surface area (Å²) in [7, 11) is 1.32. The predicted molar refractivity (Wildman–Crippen MR) is 86.1 cm³/mol. The molecule has 0 aromatic heterocycles. The lowest BCUT2D eigenvalue weighted by Crippen LogP contribution is -2.22. The number of hydrogen-bond donors (Lipinski definition) is 2. The van der Waals surface area contributed by atoms with Gasteiger partial charge in [-0.3, -0.25) is 4.79 Å². The SMILES string of the molecule is COC(=O)c1ccccc1NCC(=O)Nc1ccc(C)cc1. The van der Waals surface area contributed by atoms with Gasteiger partial charge in [-0.15, -0.1) is 0 Å². The summed E-state index contributed by atoms with van der Waals surface area (Å²) in [6.07, 6.45) is 0. The van der Waals surface area contributed by atoms with Crippen molar-refractivity contribution in [2.75, 3.05) is 24.3 Å². The van der Waals surface area contributed by atoms with Gasteiger partial charge in [0.25, 0.3) is 0 Å². The summed E-state index contributed by atoms with van der Waals surface area (Å²) in [5, 5.41) is 5.73. The van der Waals surface area contributed by atoms with Crippen LogP contribution in [0.15, 0.2) is 48.5 Å². The van der Waals surface area contributed by atoms with Crippen LogP contribution >= 0.6 is 0 Å². The number of anilines is 2. The highest BCUT2D eigenvalue weighted by Gasteiger charge is 2.11. The summed E-state index contributed by atoms with van der Waals surface area (Å²) >= 11 is 0. The predicted octanol–water partition coefficient (Wildman–Crippen LogP) is 2.83. The second-order valence-electron chi connectivity index (χ2n) is 4.80. The number of methoxy groups -OCH3 is 1. The first kappa shape index (κ1) is 15.6. The van der Waals surface area contributed by atoms with Crippen molar-refractivity contribution in [2.24, 2.45) is 0 Å². The lowest BCUT2D eigenvalue weighted by molar-refractivity contribution is -0.114. The first-order valence-electron chi connectivity index (χ1n) is 6.88. The van der Waals surface area contributed by atoms with Crippen LogP contribution in [-0.2, 0) is 9.53 Å². The zero-order valence-corrected chi connectivity index (χ0v) is 12.6. The standard InChI is InChI=1S/C17H18N2O3/c1-12-7-9-13(10-8-12)19-16(20)11-18-15-6-4-3-5-14(15)17(21)22-2/h3-10,18H,11H2,1-2H3,(H,19,20). The molecule has 0 aliphatic carbocycles. The first-order valence-corrected chi connectivity index (χ1v) is 6.88. The molecular formula is C17H18N2O3. The van der Waals surface area contributed by atoms with E-state index in [1.165, 1.54) is 7.11 Å². The van der Waals surface area contributed by atoms with E-state index in [1.54, 1.807) is 24.3 Å². The van der Waals surface area contributed by atoms with E-state index in [9.17, 15) is 9.59 Å². The van der Waals surface area contributed by atoms with Crippen LogP contribution in [0.4, 0.5) is 11.4 Å². The number of carbonyl (C=O) groups is 2. The number of carbonyl (C=O) groups excluding carboxylic acids is 2. The van der Waals surface area contributed by atoms with Gasteiger partial charge in [-0.1, -0.05) is 29.8 Å². The Balaban J connectivity index is 1.96. The number of esters is 1. The van der Waals surface area contributed by atoms with E-state index in [0.29, 0.717) is 11.3 Å². The Morgan fingerprint density at radius 3 is 2.41 bits per heavy atom. The Morgan fingerprint density at radius 2 is 1.73 bits per heavy atom. The van der Waals surface area contributed by atoms with E-state index < -0.39 is 5.97 Å². The average Bonchev–Trinajstić information content (AvgIpc) is 2.54. The van der Waals surface area contributed by atoms with Crippen molar-refractivity contribution in [1.82, 2.24) is 0 Å². The Hall–Kier alpha value is -2.82. The van der Waals surface area contributed by atoms with Gasteiger partial charge in [-0.2, -0.15) is 0 Å². The zero-order valence-electron chi connectivity index (χ0n) is 12.6. The maximum absolute atomic E-state index is 11.9. The minimum Gasteiger partial charge on any atom is -0.465 e. The van der Waals surface area contributed by atoms with Gasteiger partial charge in [-0.05, 0) is 31.2 Å². The Kier molecular flexibility index (Phi) is 5.14. The van der Waals surface area contributed by atoms with E-state index in [4.69, 9.17) is 4.74 Å². The molecule has 0 aliphatic rings. The smallest absolute Gasteiger partial charge is 0.339 e. The highest BCUT2D eigenvalue weighted by atomic mass is 16.5. The van der Waals surface area contributed by atoms with E-state index >= 15 is 0 Å². The number of benzene rings is 2. The molecule has 2 rings (SSSR count). The molecule has 0 aliphatic heterocycles. The average molecular weight is 298 g/mol. The van der Waals surface area contributed by atoms with Crippen molar-refractivity contribution >= 4 is 23.3 Å². The van der Waals surface area contributed by atoms with Crippen LogP contribution in [0.5, 0.6) is 0 Å². The number of hydrogen-bond acceptors (Lipinski definition) is 4. The molecule has 0 atom stereocenters. The first-order chi connectivity index (χ1) is 10.6. The molecule has 2 N–H and O–H groups in total. The highest BCUT2D eigenvalue weighted by Crippen LogP contribution is 2.16. The topological polar surface area (TPSA) is 67.4 Å². The maximum atomic E-state index is 11.9. The number of ether oxygens (including phenoxy) is 1. The lowest BCUT2D eigenvalue weighted by atomic mass is 10.2. The van der Waals surface area contributed by atoms with Gasteiger partial charge in [0.2, 0.25) is 5.91 Å². The molecular weight excluding hydrogens is 280 g/mol. The summed E-state index contributed by atoms with van der Waals surface area (Å²) < 4.78 is 4.71. The van der Waals surface area contributed by atoms with Crippen LogP contribution in [0.1, 0.15) is 15.9 Å². The second-order valence-corrected chi connectivity index (χ2v) is 4.80. The van der Waals surface area contributed by atoms with Crippen molar-refractivity contribution in [2.45, 2.75) is 6.92 Å². The fourth-order valence-electron chi connectivity index (χ4n) is 1.94. The fourth-order valence-corrected chi connectivity index (χ4v) is 1.94. The minimum atomic E-state index is -0.443. The molecule has 1 amide bonds. The molecule has 22 heavy (non-hydrogen) atoms. The Bertz CT molecular complexity index is 666. The van der Waals surface area contributed by atoms with Gasteiger partial charge in [0, 0.05) is 11.4 Å². The molecule has 0 saturated carbocycles. The monoisotopic (exact) mass is 298 g/mol. The molecule has 0 radical (unpaired) electrons. The van der Waals surface area contributed by atoms with E-state index in [0.717, 1.165) is 11.3 Å². The largest absolute Gasteiger partial charge is 0.465 e. The fraction of sp³-hybridized carbons (Fsp3) is 0.176. The van der Waals surface area contributed by atoms with Crippen molar-refractivity contribution in [3.63, 3.8) is 0 Å². The highest BCUT2D eigenvalue weighted by molar-refractivity contribution is 5.98. The summed E-state index contributed by atoms with van der Waals surface area (Å²) in [6, 6.07) is 14.4. The molecule has 0 fully saturated rings. The molecule has 2 aromatic rings. The van der Waals surface area contributed by atoms with Gasteiger partial charge in [-0.25, -0.2) is 4.79 Å². The third-order valence-corrected chi connectivity index (χ3v) is 3.11. The summed E-state index contributed by atoms with van der Waals surface area (Å²) in [4.78, 5) is 23.6. The number of aryl methyl sites for hydroxylation is 1. The van der Waals surface area contributed by atoms with Crippen LogP contribution in [0.25, 0.3) is 0 Å². The van der Waals surface area contributed by atoms with E-state index in [-0.39, 0.29) is 12.5 Å². The Morgan fingerprint density at radius 1 is 1.05 bits per heavy atom. The molecule has 0 saturated heterocycles. The third-order valence-electron chi connectivity index (χ3n) is 3.11. The molecule has 5 heteroatoms. The number of para-hydroxylation sites is 1. The second kappa shape index (κ2) is 7.26. The lowest BCUT2D eigenvalue weighted by Gasteiger charge is -2.11. The van der Waals surface area contributed by atoms with Gasteiger partial charge < -0.3 is 15.4 Å². The molecule has 2 aromatic carbocycles. The van der Waals surface area contributed by atoms with Gasteiger partial charge in [0.1, 0.15) is 0 Å². The van der Waals surface area contributed by atoms with Gasteiger partial charge in [0.05, 0.1) is 19.2 Å². The van der Waals surface area contributed by atoms with Crippen molar-refractivity contribution < 1.29 is 14.3 Å². The number of rotatable bonds is 5. The summed E-state index contributed by atoms with van der Waals surface area (Å²) in [6.45, 7) is 2.04. The quantitative estimate of drug-likeness (QED) is 0.833. The Labute approximate surface area is 129 Å². The summed E-state index contributed by atoms with van der Waals surface area (Å²) in [5.74, 6) is -0.634. The minimum absolute atomic E-state index is 0.0574.